The molecule has 406 valence electrons. The van der Waals surface area contributed by atoms with Crippen molar-refractivity contribution in [1.29, 1.82) is 0 Å². The minimum absolute atomic E-state index is 0. The van der Waals surface area contributed by atoms with E-state index < -0.39 is 136 Å². The molecule has 0 aromatic carbocycles. The van der Waals surface area contributed by atoms with Gasteiger partial charge in [0.05, 0.1) is 37.6 Å². The number of aliphatic hydroxyl groups excluding tert-OH is 10. The summed E-state index contributed by atoms with van der Waals surface area (Å²) >= 11 is 0. The standard InChI is InChI=1S/2C22H37N2O10.CH3.W/c2*1-11(23-2)6-7-15(26)24-9-13-12-5-3-4-8-31-21-19(30)17(28)20(14(10-25)33-21)34-22(32-13)18(29)16(12)27;;/h2*12-14,16-23,25,27-30H,1-10H2,(H,24,26);1H3;/q3*-1;/t2*12?,13?,14?,16-,17+,18?,19?,20?,21-,22+;;/m00../s1. The number of carbonyl (C=O) groups is 2. The summed E-state index contributed by atoms with van der Waals surface area (Å²) in [4.78, 5) is 24.5. The first-order valence-corrected chi connectivity index (χ1v) is 23.3. The van der Waals surface area contributed by atoms with Crippen molar-refractivity contribution in [2.24, 2.45) is 11.8 Å². The average molecular weight is 1180 g/mol. The number of amides is 2. The van der Waals surface area contributed by atoms with Crippen LogP contribution in [0.15, 0.2) is 24.6 Å². The Kier molecular flexibility index (Phi) is 27.0. The molecule has 12 aliphatic heterocycles. The Hall–Kier alpha value is -2.01. The van der Waals surface area contributed by atoms with Crippen LogP contribution in [0, 0.1) is 33.4 Å². The molecule has 70 heavy (non-hydrogen) atoms. The zero-order valence-corrected chi connectivity index (χ0v) is 42.6. The maximum atomic E-state index is 12.3. The fourth-order valence-corrected chi connectivity index (χ4v) is 9.01. The van der Waals surface area contributed by atoms with Crippen molar-refractivity contribution in [3.8, 4) is 0 Å². The molecule has 0 saturated carbocycles. The SMILES string of the molecule is C=C(CCC(=O)NCC1O[C@@H]2OC3C(CO)O[C@H](OCCCCC1[C@H](O)C2O)C(O)[C@H]3O)N[CH2-].C=C(CCC(=O)NCC1O[C@@H]2OC3C(CO)O[C@H](OCCCCC1[C@H](O)C2O)C(O)[C@H]3O)N[CH2-].[CH3-].[W]. The Balaban J connectivity index is 0.000000360. The van der Waals surface area contributed by atoms with Gasteiger partial charge in [-0.05, 0) is 49.9 Å². The van der Waals surface area contributed by atoms with Gasteiger partial charge in [0, 0.05) is 72.0 Å². The third-order valence-corrected chi connectivity index (χ3v) is 13.2. The molecule has 12 aliphatic rings. The topological polar surface area (TPSA) is 358 Å². The van der Waals surface area contributed by atoms with Crippen LogP contribution in [-0.2, 0) is 68.5 Å². The van der Waals surface area contributed by atoms with Crippen LogP contribution in [0.2, 0.25) is 0 Å². The average Bonchev–Trinajstić information content (AvgIpc) is 3.33. The zero-order valence-electron chi connectivity index (χ0n) is 39.7. The van der Waals surface area contributed by atoms with Crippen LogP contribution < -0.4 is 21.3 Å². The molecule has 24 nitrogen and oxygen atoms in total. The van der Waals surface area contributed by atoms with Crippen molar-refractivity contribution in [3.05, 3.63) is 46.1 Å². The summed E-state index contributed by atoms with van der Waals surface area (Å²) in [6.45, 7) is 6.90. The second kappa shape index (κ2) is 30.4. The number of ether oxygens (including phenoxy) is 8. The number of carbonyl (C=O) groups excluding carboxylic acids is 2. The molecule has 12 saturated heterocycles. The van der Waals surface area contributed by atoms with E-state index in [1.807, 2.05) is 0 Å². The molecule has 12 heterocycles. The molecule has 12 unspecified atom stereocenters. The van der Waals surface area contributed by atoms with Crippen molar-refractivity contribution >= 4 is 11.8 Å². The number of hydrogen-bond acceptors (Lipinski definition) is 22. The van der Waals surface area contributed by atoms with Crippen LogP contribution in [-0.4, -0.2) is 213 Å². The van der Waals surface area contributed by atoms with E-state index >= 15 is 0 Å². The van der Waals surface area contributed by atoms with Crippen LogP contribution >= 0.6 is 0 Å². The smallest absolute Gasteiger partial charge is 0.220 e. The predicted molar refractivity (Wildman–Crippen MR) is 239 cm³/mol. The Morgan fingerprint density at radius 1 is 0.486 bits per heavy atom. The molecule has 12 fully saturated rings. The fraction of sp³-hybridized carbons (Fsp3) is 0.800. The van der Waals surface area contributed by atoms with Crippen LogP contribution in [0.5, 0.6) is 0 Å². The molecule has 8 bridgehead atoms. The third kappa shape index (κ3) is 16.5. The largest absolute Gasteiger partial charge is 0.542 e. The van der Waals surface area contributed by atoms with Crippen LogP contribution in [0.25, 0.3) is 0 Å². The van der Waals surface area contributed by atoms with Crippen molar-refractivity contribution in [2.75, 3.05) is 39.5 Å². The number of rotatable bonds is 14. The summed E-state index contributed by atoms with van der Waals surface area (Å²) in [5.41, 5.74) is 1.24. The van der Waals surface area contributed by atoms with Gasteiger partial charge in [0.15, 0.2) is 25.2 Å². The zero-order chi connectivity index (χ0) is 49.7. The van der Waals surface area contributed by atoms with Crippen molar-refractivity contribution < 1.29 is 120 Å². The summed E-state index contributed by atoms with van der Waals surface area (Å²) in [5, 5.41) is 115. The molecule has 0 radical (unpaired) electrons. The summed E-state index contributed by atoms with van der Waals surface area (Å²) < 4.78 is 45.7. The molecule has 0 aromatic rings. The number of nitrogens with one attached hydrogen (secondary N) is 4. The van der Waals surface area contributed by atoms with Gasteiger partial charge < -0.3 is 118 Å². The first-order chi connectivity index (χ1) is 32.5. The number of aliphatic hydroxyl groups is 10. The minimum Gasteiger partial charge on any atom is -0.542 e. The van der Waals surface area contributed by atoms with Crippen molar-refractivity contribution in [3.63, 3.8) is 0 Å². The van der Waals surface area contributed by atoms with Gasteiger partial charge >= 0.3 is 0 Å². The summed E-state index contributed by atoms with van der Waals surface area (Å²) in [5.74, 6) is -1.48. The summed E-state index contributed by atoms with van der Waals surface area (Å²) in [6.07, 6.45) is -18.0. The first-order valence-electron chi connectivity index (χ1n) is 23.3. The number of allylic oxidation sites excluding steroid dienone is 2. The molecule has 25 heteroatoms. The van der Waals surface area contributed by atoms with E-state index in [2.05, 4.69) is 48.5 Å². The molecule has 0 spiro atoms. The van der Waals surface area contributed by atoms with E-state index in [-0.39, 0.29) is 79.5 Å². The molecule has 0 aromatic heterocycles. The van der Waals surface area contributed by atoms with Gasteiger partial charge in [-0.25, -0.2) is 0 Å². The fourth-order valence-electron chi connectivity index (χ4n) is 9.01. The van der Waals surface area contributed by atoms with E-state index in [1.54, 1.807) is 0 Å². The predicted octanol–water partition coefficient (Wildman–Crippen LogP) is -3.82. The molecule has 14 N–H and O–H groups in total. The van der Waals surface area contributed by atoms with Gasteiger partial charge in [-0.2, -0.15) is 0 Å². The maximum Gasteiger partial charge on any atom is 0.220 e. The molecule has 12 rings (SSSR count). The van der Waals surface area contributed by atoms with E-state index in [0.29, 0.717) is 62.8 Å². The molecule has 2 amide bonds. The van der Waals surface area contributed by atoms with E-state index in [1.165, 1.54) is 0 Å². The molecular weight excluding hydrogens is 1100 g/mol. The first kappa shape index (κ1) is 62.3. The molecule has 20 atom stereocenters. The van der Waals surface area contributed by atoms with Gasteiger partial charge in [-0.3, -0.25) is 23.7 Å². The van der Waals surface area contributed by atoms with E-state index in [0.717, 1.165) is 0 Å². The Morgan fingerprint density at radius 3 is 1.17 bits per heavy atom. The van der Waals surface area contributed by atoms with Gasteiger partial charge in [0.25, 0.3) is 0 Å². The Labute approximate surface area is 423 Å². The van der Waals surface area contributed by atoms with E-state index in [9.17, 15) is 60.7 Å². The van der Waals surface area contributed by atoms with E-state index in [4.69, 9.17) is 37.9 Å². The second-order valence-electron chi connectivity index (χ2n) is 17.9. The summed E-state index contributed by atoms with van der Waals surface area (Å²) in [6, 6.07) is 0. The quantitative estimate of drug-likeness (QED) is 0.0741. The Morgan fingerprint density at radius 2 is 0.829 bits per heavy atom. The van der Waals surface area contributed by atoms with Crippen LogP contribution in [0.3, 0.4) is 0 Å². The van der Waals surface area contributed by atoms with Gasteiger partial charge in [0.2, 0.25) is 11.8 Å². The van der Waals surface area contributed by atoms with Crippen LogP contribution in [0.1, 0.15) is 64.2 Å². The van der Waals surface area contributed by atoms with Gasteiger partial charge in [0.1, 0.15) is 61.0 Å². The number of hydrogen-bond donors (Lipinski definition) is 14. The Bertz CT molecular complexity index is 1480. The van der Waals surface area contributed by atoms with Crippen molar-refractivity contribution in [2.45, 2.75) is 175 Å². The monoisotopic (exact) mass is 1180 g/mol. The van der Waals surface area contributed by atoms with Crippen molar-refractivity contribution in [1.82, 2.24) is 21.3 Å². The molecule has 0 aliphatic carbocycles. The minimum atomic E-state index is -1.50. The second-order valence-corrected chi connectivity index (χ2v) is 17.9. The third-order valence-electron chi connectivity index (χ3n) is 13.2. The van der Waals surface area contributed by atoms with Gasteiger partial charge in [-0.15, -0.1) is 0 Å². The molecular formula is C45H77N4O20W-3. The maximum absolute atomic E-state index is 12.3. The van der Waals surface area contributed by atoms with Gasteiger partial charge in [-0.1, -0.05) is 26.0 Å². The normalized spacial score (nSPS) is 39.8. The van der Waals surface area contributed by atoms with Crippen LogP contribution in [0.4, 0.5) is 0 Å². The summed E-state index contributed by atoms with van der Waals surface area (Å²) in [7, 11) is 6.98.